The molecule has 2 N–H and O–H groups in total. The predicted molar refractivity (Wildman–Crippen MR) is 92.8 cm³/mol. The molecule has 0 saturated heterocycles. The van der Waals surface area contributed by atoms with Crippen molar-refractivity contribution in [1.29, 1.82) is 0 Å². The van der Waals surface area contributed by atoms with Crippen LogP contribution in [0.25, 0.3) is 11.3 Å². The van der Waals surface area contributed by atoms with Gasteiger partial charge in [0.05, 0.1) is 25.6 Å². The van der Waals surface area contributed by atoms with Crippen LogP contribution in [0.2, 0.25) is 0 Å². The minimum absolute atomic E-state index is 0.0119. The Morgan fingerprint density at radius 2 is 1.81 bits per heavy atom. The van der Waals surface area contributed by atoms with Gasteiger partial charge >= 0.3 is 5.97 Å². The van der Waals surface area contributed by atoms with E-state index in [1.165, 1.54) is 21.3 Å². The number of rotatable bonds is 10. The zero-order valence-electron chi connectivity index (χ0n) is 15.1. The molecule has 2 rings (SSSR count). The third-order valence-corrected chi connectivity index (χ3v) is 3.50. The van der Waals surface area contributed by atoms with Gasteiger partial charge in [-0.3, -0.25) is 4.79 Å². The number of hydrogen-bond donors (Lipinski definition) is 1. The SMILES string of the molecule is COCOc1cc(CC(=O)OC)c(-c2ccc(CN)o2)c(OCOC)c1. The van der Waals surface area contributed by atoms with Crippen LogP contribution in [0.15, 0.2) is 28.7 Å². The Morgan fingerprint density at radius 3 is 2.42 bits per heavy atom. The summed E-state index contributed by atoms with van der Waals surface area (Å²) in [6, 6.07) is 6.94. The van der Waals surface area contributed by atoms with Crippen LogP contribution in [0.1, 0.15) is 11.3 Å². The molecule has 1 heterocycles. The summed E-state index contributed by atoms with van der Waals surface area (Å²) in [7, 11) is 4.36. The lowest BCUT2D eigenvalue weighted by molar-refractivity contribution is -0.139. The van der Waals surface area contributed by atoms with Crippen molar-refractivity contribution >= 4 is 5.97 Å². The largest absolute Gasteiger partial charge is 0.469 e. The molecule has 2 aromatic rings. The summed E-state index contributed by atoms with van der Waals surface area (Å²) < 4.78 is 31.6. The number of hydrogen-bond acceptors (Lipinski definition) is 8. The lowest BCUT2D eigenvalue weighted by Crippen LogP contribution is -2.09. The second-order valence-electron chi connectivity index (χ2n) is 5.28. The fraction of sp³-hybridized carbons (Fsp3) is 0.389. The van der Waals surface area contributed by atoms with Crippen molar-refractivity contribution in [3.8, 4) is 22.8 Å². The average Bonchev–Trinajstić information content (AvgIpc) is 3.13. The van der Waals surface area contributed by atoms with Crippen LogP contribution in [0.4, 0.5) is 0 Å². The van der Waals surface area contributed by atoms with Gasteiger partial charge in [-0.2, -0.15) is 0 Å². The predicted octanol–water partition coefficient (Wildman–Crippen LogP) is 2.09. The van der Waals surface area contributed by atoms with Gasteiger partial charge in [0.15, 0.2) is 13.6 Å². The number of furan rings is 1. The van der Waals surface area contributed by atoms with Crippen LogP contribution in [0, 0.1) is 0 Å². The minimum atomic E-state index is -0.404. The van der Waals surface area contributed by atoms with E-state index in [1.54, 1.807) is 24.3 Å². The van der Waals surface area contributed by atoms with E-state index in [0.29, 0.717) is 34.1 Å². The number of carbonyl (C=O) groups is 1. The third kappa shape index (κ3) is 4.98. The first-order chi connectivity index (χ1) is 12.6. The second-order valence-corrected chi connectivity index (χ2v) is 5.28. The topological polar surface area (TPSA) is 102 Å². The normalized spacial score (nSPS) is 10.6. The van der Waals surface area contributed by atoms with Gasteiger partial charge in [0.1, 0.15) is 23.0 Å². The fourth-order valence-electron chi connectivity index (χ4n) is 2.36. The molecule has 0 radical (unpaired) electrons. The zero-order chi connectivity index (χ0) is 18.9. The molecule has 1 aromatic heterocycles. The molecular formula is C18H23NO7. The van der Waals surface area contributed by atoms with E-state index in [2.05, 4.69) is 0 Å². The van der Waals surface area contributed by atoms with Crippen LogP contribution in [-0.4, -0.2) is 40.9 Å². The maximum atomic E-state index is 11.9. The number of carbonyl (C=O) groups excluding carboxylic acids is 1. The van der Waals surface area contributed by atoms with Gasteiger partial charge in [-0.05, 0) is 23.8 Å². The molecule has 0 aliphatic rings. The van der Waals surface area contributed by atoms with Crippen molar-refractivity contribution in [2.45, 2.75) is 13.0 Å². The van der Waals surface area contributed by atoms with Gasteiger partial charge in [-0.1, -0.05) is 0 Å². The Kier molecular flexibility index (Phi) is 7.46. The molecule has 8 heteroatoms. The van der Waals surface area contributed by atoms with E-state index in [0.717, 1.165) is 0 Å². The highest BCUT2D eigenvalue weighted by Crippen LogP contribution is 2.38. The van der Waals surface area contributed by atoms with E-state index < -0.39 is 5.97 Å². The first-order valence-corrected chi connectivity index (χ1v) is 7.89. The molecule has 0 bridgehead atoms. The van der Waals surface area contributed by atoms with Gasteiger partial charge in [-0.15, -0.1) is 0 Å². The zero-order valence-corrected chi connectivity index (χ0v) is 15.1. The number of ether oxygens (including phenoxy) is 5. The third-order valence-electron chi connectivity index (χ3n) is 3.50. The Bertz CT molecular complexity index is 726. The van der Waals surface area contributed by atoms with Crippen molar-refractivity contribution in [2.75, 3.05) is 34.9 Å². The van der Waals surface area contributed by atoms with Crippen LogP contribution in [0.3, 0.4) is 0 Å². The molecule has 0 amide bonds. The van der Waals surface area contributed by atoms with Crippen LogP contribution in [0.5, 0.6) is 11.5 Å². The van der Waals surface area contributed by atoms with E-state index in [4.69, 9.17) is 33.8 Å². The molecule has 142 valence electrons. The molecular weight excluding hydrogens is 342 g/mol. The molecule has 26 heavy (non-hydrogen) atoms. The smallest absolute Gasteiger partial charge is 0.310 e. The quantitative estimate of drug-likeness (QED) is 0.504. The summed E-state index contributed by atoms with van der Waals surface area (Å²) in [5.74, 6) is 1.65. The van der Waals surface area contributed by atoms with Gasteiger partial charge in [0.25, 0.3) is 0 Å². The monoisotopic (exact) mass is 365 g/mol. The average molecular weight is 365 g/mol. The van der Waals surface area contributed by atoms with Crippen molar-refractivity contribution in [2.24, 2.45) is 5.73 Å². The number of esters is 1. The summed E-state index contributed by atoms with van der Waals surface area (Å²) in [5, 5.41) is 0. The summed E-state index contributed by atoms with van der Waals surface area (Å²) >= 11 is 0. The Hall–Kier alpha value is -2.55. The number of nitrogens with two attached hydrogens (primary N) is 1. The number of methoxy groups -OCH3 is 3. The van der Waals surface area contributed by atoms with Crippen LogP contribution >= 0.6 is 0 Å². The molecule has 0 aliphatic carbocycles. The van der Waals surface area contributed by atoms with E-state index in [9.17, 15) is 4.79 Å². The van der Waals surface area contributed by atoms with Gasteiger partial charge in [0.2, 0.25) is 0 Å². The van der Waals surface area contributed by atoms with E-state index in [1.807, 2.05) is 0 Å². The lowest BCUT2D eigenvalue weighted by Gasteiger charge is -2.16. The second kappa shape index (κ2) is 9.81. The van der Waals surface area contributed by atoms with Gasteiger partial charge in [-0.25, -0.2) is 0 Å². The molecule has 0 spiro atoms. The maximum Gasteiger partial charge on any atom is 0.310 e. The highest BCUT2D eigenvalue weighted by Gasteiger charge is 2.20. The summed E-state index contributed by atoms with van der Waals surface area (Å²) in [6.07, 6.45) is 0.0119. The fourth-order valence-corrected chi connectivity index (χ4v) is 2.36. The Labute approximate surface area is 151 Å². The van der Waals surface area contributed by atoms with Crippen LogP contribution in [-0.2, 0) is 32.0 Å². The van der Waals surface area contributed by atoms with Crippen molar-refractivity contribution < 1.29 is 32.9 Å². The summed E-state index contributed by atoms with van der Waals surface area (Å²) in [4.78, 5) is 11.9. The van der Waals surface area contributed by atoms with E-state index in [-0.39, 0.29) is 26.6 Å². The molecule has 1 aromatic carbocycles. The lowest BCUT2D eigenvalue weighted by atomic mass is 10.0. The van der Waals surface area contributed by atoms with Crippen LogP contribution < -0.4 is 15.2 Å². The van der Waals surface area contributed by atoms with Crippen molar-refractivity contribution in [1.82, 2.24) is 0 Å². The van der Waals surface area contributed by atoms with E-state index >= 15 is 0 Å². The first-order valence-electron chi connectivity index (χ1n) is 7.89. The number of benzene rings is 1. The Morgan fingerprint density at radius 1 is 1.08 bits per heavy atom. The van der Waals surface area contributed by atoms with Crippen molar-refractivity contribution in [3.63, 3.8) is 0 Å². The molecule has 8 nitrogen and oxygen atoms in total. The van der Waals surface area contributed by atoms with Crippen molar-refractivity contribution in [3.05, 3.63) is 35.6 Å². The van der Waals surface area contributed by atoms with Gasteiger partial charge in [0, 0.05) is 20.3 Å². The summed E-state index contributed by atoms with van der Waals surface area (Å²) in [5.41, 5.74) is 6.85. The Balaban J connectivity index is 2.55. The molecule has 0 fully saturated rings. The molecule has 0 atom stereocenters. The first kappa shape index (κ1) is 19.8. The maximum absolute atomic E-state index is 11.9. The standard InChI is InChI=1S/C18H23NO7/c1-21-10-24-14-6-12(7-17(20)23-3)18(16(8-14)25-11-22-2)15-5-4-13(9-19)26-15/h4-6,8H,7,9-11,19H2,1-3H3. The summed E-state index contributed by atoms with van der Waals surface area (Å²) in [6.45, 7) is 0.331. The highest BCUT2D eigenvalue weighted by atomic mass is 16.7. The molecule has 0 unspecified atom stereocenters. The molecule has 0 aliphatic heterocycles. The van der Waals surface area contributed by atoms with Gasteiger partial charge < -0.3 is 33.8 Å². The molecule has 0 saturated carbocycles. The highest BCUT2D eigenvalue weighted by molar-refractivity contribution is 5.80. The minimum Gasteiger partial charge on any atom is -0.469 e.